The van der Waals surface area contributed by atoms with Crippen LogP contribution in [-0.4, -0.2) is 25.7 Å². The van der Waals surface area contributed by atoms with E-state index in [9.17, 15) is 26.4 Å². The van der Waals surface area contributed by atoms with Gasteiger partial charge in [-0.25, -0.2) is 9.18 Å². The summed E-state index contributed by atoms with van der Waals surface area (Å²) in [7, 11) is -4.64. The number of alkyl halides is 4. The zero-order valence-corrected chi connectivity index (χ0v) is 12.3. The Kier molecular flexibility index (Phi) is 5.20. The molecule has 1 aromatic carbocycles. The molecule has 0 spiro atoms. The van der Waals surface area contributed by atoms with Crippen molar-refractivity contribution in [1.29, 1.82) is 0 Å². The van der Waals surface area contributed by atoms with Gasteiger partial charge >= 0.3 is 6.11 Å². The molecule has 0 aromatic heterocycles. The third-order valence-corrected chi connectivity index (χ3v) is 3.80. The maximum atomic E-state index is 13.1. The van der Waals surface area contributed by atoms with Crippen LogP contribution in [0.1, 0.15) is 0 Å². The zero-order chi connectivity index (χ0) is 15.6. The van der Waals surface area contributed by atoms with Crippen LogP contribution in [0.25, 0.3) is 0 Å². The van der Waals surface area contributed by atoms with Gasteiger partial charge in [-0.3, -0.25) is 0 Å². The average Bonchev–Trinajstić information content (AvgIpc) is 2.30. The molecule has 0 aliphatic heterocycles. The van der Waals surface area contributed by atoms with E-state index in [-0.39, 0.29) is 5.02 Å². The Morgan fingerprint density at radius 3 is 2.55 bits per heavy atom. The van der Waals surface area contributed by atoms with Crippen LogP contribution < -0.4 is 4.74 Å². The van der Waals surface area contributed by atoms with E-state index >= 15 is 0 Å². The van der Waals surface area contributed by atoms with E-state index in [1.807, 2.05) is 15.9 Å². The van der Waals surface area contributed by atoms with Crippen LogP contribution in [0.2, 0.25) is 5.02 Å². The molecular weight excluding hydrogens is 391 g/mol. The largest absolute Gasteiger partial charge is 0.440 e. The van der Waals surface area contributed by atoms with Crippen molar-refractivity contribution >= 4 is 43.6 Å². The van der Waals surface area contributed by atoms with Crippen molar-refractivity contribution in [3.8, 4) is 5.75 Å². The van der Waals surface area contributed by atoms with Crippen molar-refractivity contribution in [3.63, 3.8) is 0 Å². The molecule has 20 heavy (non-hydrogen) atoms. The van der Waals surface area contributed by atoms with Crippen molar-refractivity contribution in [3.05, 3.63) is 23.2 Å². The zero-order valence-electron chi connectivity index (χ0n) is 9.19. The quantitative estimate of drug-likeness (QED) is 0.437. The number of ether oxygens (including phenoxy) is 1. The first-order chi connectivity index (χ1) is 9.10. The summed E-state index contributed by atoms with van der Waals surface area (Å²) in [6.07, 6.45) is -3.59. The molecule has 0 amide bonds. The molecule has 0 bridgehead atoms. The smallest absolute Gasteiger partial charge is 0.428 e. The Labute approximate surface area is 124 Å². The lowest BCUT2D eigenvalue weighted by molar-refractivity contribution is -0.196. The summed E-state index contributed by atoms with van der Waals surface area (Å²) in [6.45, 7) is 0. The van der Waals surface area contributed by atoms with Gasteiger partial charge in [0, 0.05) is 5.02 Å². The fourth-order valence-electron chi connectivity index (χ4n) is 1.06. The number of hydrogen-bond donors (Lipinski definition) is 0. The van der Waals surface area contributed by atoms with Crippen LogP contribution >= 0.6 is 27.5 Å². The second-order valence-corrected chi connectivity index (χ2v) is 6.03. The molecule has 0 radical (unpaired) electrons. The van der Waals surface area contributed by atoms with Gasteiger partial charge in [0.2, 0.25) is 0 Å². The van der Waals surface area contributed by atoms with E-state index in [4.69, 9.17) is 11.6 Å². The van der Waals surface area contributed by atoms with Crippen LogP contribution in [0, 0.1) is 0 Å². The first-order valence-corrected chi connectivity index (χ1v) is 7.32. The first kappa shape index (κ1) is 17.0. The Morgan fingerprint density at radius 1 is 1.45 bits per heavy atom. The van der Waals surface area contributed by atoms with Crippen LogP contribution in [0.5, 0.6) is 5.75 Å². The van der Waals surface area contributed by atoms with Crippen molar-refractivity contribution in [2.75, 3.05) is 0 Å². The predicted octanol–water partition coefficient (Wildman–Crippen LogP) is 3.03. The Bertz CT molecular complexity index is 661. The molecule has 5 nitrogen and oxygen atoms in total. The lowest BCUT2D eigenvalue weighted by atomic mass is 10.3. The molecule has 1 aromatic rings. The van der Waals surface area contributed by atoms with Crippen LogP contribution in [0.15, 0.2) is 27.5 Å². The molecule has 11 heteroatoms. The molecule has 0 saturated carbocycles. The summed E-state index contributed by atoms with van der Waals surface area (Å²) >= 11 is 7.50. The molecule has 0 fully saturated rings. The molecule has 0 saturated heterocycles. The van der Waals surface area contributed by atoms with Gasteiger partial charge in [-0.1, -0.05) is 16.0 Å². The lowest BCUT2D eigenvalue weighted by Gasteiger charge is -2.19. The number of halogens is 5. The minimum Gasteiger partial charge on any atom is -0.428 e. The second-order valence-electron chi connectivity index (χ2n) is 3.21. The molecule has 1 unspecified atom stereocenters. The van der Waals surface area contributed by atoms with Gasteiger partial charge in [0.05, 0.1) is 0 Å². The van der Waals surface area contributed by atoms with Gasteiger partial charge in [0.25, 0.3) is 21.2 Å². The van der Waals surface area contributed by atoms with Gasteiger partial charge in [-0.15, -0.1) is 0 Å². The van der Waals surface area contributed by atoms with Gasteiger partial charge in [-0.2, -0.15) is 17.2 Å². The fraction of sp³-hybridized carbons (Fsp3) is 0.222. The highest BCUT2D eigenvalue weighted by molar-refractivity contribution is 9.09. The lowest BCUT2D eigenvalue weighted by Crippen LogP contribution is -2.33. The normalized spacial score (nSPS) is 13.4. The third-order valence-electron chi connectivity index (χ3n) is 1.84. The third kappa shape index (κ3) is 3.95. The van der Waals surface area contributed by atoms with Crippen molar-refractivity contribution < 1.29 is 31.1 Å². The monoisotopic (exact) mass is 393 g/mol. The SMILES string of the molecule is O=C=NS(=O)(=O)c1cc(Cl)ccc1OC(F)(F)C(F)Br. The van der Waals surface area contributed by atoms with Gasteiger partial charge in [0.15, 0.2) is 0 Å². The summed E-state index contributed by atoms with van der Waals surface area (Å²) in [5.74, 6) is -0.916. The Hall–Kier alpha value is -1.09. The Balaban J connectivity index is 3.40. The molecule has 0 aliphatic rings. The van der Waals surface area contributed by atoms with Crippen molar-refractivity contribution in [1.82, 2.24) is 0 Å². The number of rotatable bonds is 5. The maximum absolute atomic E-state index is 13.1. The average molecular weight is 395 g/mol. The molecule has 0 aliphatic carbocycles. The topological polar surface area (TPSA) is 72.8 Å². The molecule has 0 heterocycles. The molecular formula is C9H4BrClF3NO4S. The molecule has 1 rings (SSSR count). The highest BCUT2D eigenvalue weighted by Crippen LogP contribution is 2.35. The highest BCUT2D eigenvalue weighted by atomic mass is 79.9. The molecule has 0 N–H and O–H groups in total. The number of carbonyl (C=O) groups excluding carboxylic acids is 1. The number of benzene rings is 1. The fourth-order valence-corrected chi connectivity index (χ4v) is 2.22. The van der Waals surface area contributed by atoms with E-state index in [1.165, 1.54) is 0 Å². The van der Waals surface area contributed by atoms with Gasteiger partial charge < -0.3 is 4.74 Å². The van der Waals surface area contributed by atoms with E-state index < -0.39 is 31.9 Å². The van der Waals surface area contributed by atoms with Crippen LogP contribution in [-0.2, 0) is 14.8 Å². The minimum atomic E-state index is -4.64. The molecule has 1 atom stereocenters. The summed E-state index contributed by atoms with van der Waals surface area (Å²) in [4.78, 5) is 9.11. The number of hydrogen-bond acceptors (Lipinski definition) is 4. The summed E-state index contributed by atoms with van der Waals surface area (Å²) < 4.78 is 68.4. The number of isocyanates is 1. The number of sulfonamides is 1. The minimum absolute atomic E-state index is 0.143. The summed E-state index contributed by atoms with van der Waals surface area (Å²) in [6, 6.07) is 2.54. The summed E-state index contributed by atoms with van der Waals surface area (Å²) in [5.41, 5.74) is 0. The van der Waals surface area contributed by atoms with E-state index in [1.54, 1.807) is 0 Å². The molecule has 110 valence electrons. The van der Waals surface area contributed by atoms with Gasteiger partial charge in [-0.05, 0) is 34.1 Å². The van der Waals surface area contributed by atoms with Crippen molar-refractivity contribution in [2.24, 2.45) is 4.40 Å². The second kappa shape index (κ2) is 6.13. The van der Waals surface area contributed by atoms with E-state index in [0.29, 0.717) is 0 Å². The Morgan fingerprint density at radius 2 is 2.05 bits per heavy atom. The highest BCUT2D eigenvalue weighted by Gasteiger charge is 2.42. The first-order valence-electron chi connectivity index (χ1n) is 4.59. The number of nitrogens with zero attached hydrogens (tertiary/aromatic N) is 1. The van der Waals surface area contributed by atoms with E-state index in [2.05, 4.69) is 9.13 Å². The summed E-state index contributed by atoms with van der Waals surface area (Å²) in [5, 5.41) is -3.02. The predicted molar refractivity (Wildman–Crippen MR) is 66.2 cm³/mol. The van der Waals surface area contributed by atoms with Crippen molar-refractivity contribution in [2.45, 2.75) is 16.1 Å². The van der Waals surface area contributed by atoms with Crippen LogP contribution in [0.3, 0.4) is 0 Å². The standard InChI is InChI=1S/C9H4BrClF3NO4S/c10-8(12)9(13,14)19-6-2-1-5(11)3-7(6)20(17,18)15-4-16/h1-3,8H. The van der Waals surface area contributed by atoms with E-state index in [0.717, 1.165) is 24.3 Å². The van der Waals surface area contributed by atoms with Gasteiger partial charge in [0.1, 0.15) is 10.6 Å². The maximum Gasteiger partial charge on any atom is 0.440 e. The van der Waals surface area contributed by atoms with Crippen LogP contribution in [0.4, 0.5) is 13.2 Å².